The quantitative estimate of drug-likeness (QED) is 0.187. The van der Waals surface area contributed by atoms with Crippen LogP contribution in [0.2, 0.25) is 0 Å². The maximum absolute atomic E-state index is 3.99. The second-order valence-corrected chi connectivity index (χ2v) is 16.9. The fourth-order valence-electron chi connectivity index (χ4n) is 10.7. The second-order valence-electron chi connectivity index (χ2n) is 16.9. The lowest BCUT2D eigenvalue weighted by molar-refractivity contribution is 0.443. The Morgan fingerprint density at radius 1 is 0.542 bits per heavy atom. The van der Waals surface area contributed by atoms with Gasteiger partial charge in [0.2, 0.25) is 0 Å². The zero-order valence-electron chi connectivity index (χ0n) is 32.6. The predicted octanol–water partition coefficient (Wildman–Crippen LogP) is 13.5. The highest BCUT2D eigenvalue weighted by Crippen LogP contribution is 2.58. The van der Waals surface area contributed by atoms with Crippen LogP contribution >= 0.6 is 0 Å². The normalized spacial score (nSPS) is 19.6. The lowest BCUT2D eigenvalue weighted by Crippen LogP contribution is -2.39. The van der Waals surface area contributed by atoms with Crippen LogP contribution in [0.4, 0.5) is 0 Å². The molecule has 13 rings (SSSR count). The van der Waals surface area contributed by atoms with Gasteiger partial charge in [0.15, 0.2) is 0 Å². The molecule has 3 nitrogen and oxygen atoms in total. The molecule has 10 aromatic rings. The summed E-state index contributed by atoms with van der Waals surface area (Å²) in [6.45, 7) is 0. The van der Waals surface area contributed by atoms with Gasteiger partial charge < -0.3 is 9.88 Å². The predicted molar refractivity (Wildman–Crippen MR) is 246 cm³/mol. The Balaban J connectivity index is 0.960. The van der Waals surface area contributed by atoms with E-state index in [1.165, 1.54) is 105 Å². The van der Waals surface area contributed by atoms with Crippen molar-refractivity contribution in [2.75, 3.05) is 0 Å². The third-order valence-electron chi connectivity index (χ3n) is 13.6. The highest BCUT2D eigenvalue weighted by Gasteiger charge is 2.43. The van der Waals surface area contributed by atoms with Crippen molar-refractivity contribution in [1.29, 1.82) is 0 Å². The van der Waals surface area contributed by atoms with Gasteiger partial charge in [-0.05, 0) is 127 Å². The fourth-order valence-corrected chi connectivity index (χ4v) is 10.7. The summed E-state index contributed by atoms with van der Waals surface area (Å²) in [4.78, 5) is 0. The molecule has 1 saturated carbocycles. The average molecular weight is 756 g/mol. The summed E-state index contributed by atoms with van der Waals surface area (Å²) in [7, 11) is 0. The van der Waals surface area contributed by atoms with Crippen LogP contribution < -0.4 is 10.6 Å². The first-order valence-corrected chi connectivity index (χ1v) is 21.1. The topological polar surface area (TPSA) is 29.0 Å². The van der Waals surface area contributed by atoms with E-state index in [0.717, 1.165) is 18.0 Å². The summed E-state index contributed by atoms with van der Waals surface area (Å²) in [6.07, 6.45) is 4.68. The molecule has 1 aliphatic heterocycles. The number of hydrogen-bond donors (Lipinski definition) is 2. The van der Waals surface area contributed by atoms with E-state index in [-0.39, 0.29) is 12.2 Å². The first-order chi connectivity index (χ1) is 29.2. The van der Waals surface area contributed by atoms with Gasteiger partial charge in [0.1, 0.15) is 6.17 Å². The smallest absolute Gasteiger partial charge is 0.104 e. The van der Waals surface area contributed by atoms with Crippen molar-refractivity contribution >= 4 is 59.8 Å². The van der Waals surface area contributed by atoms with Gasteiger partial charge in [-0.25, -0.2) is 0 Å². The zero-order valence-corrected chi connectivity index (χ0v) is 32.6. The van der Waals surface area contributed by atoms with Gasteiger partial charge in [-0.1, -0.05) is 152 Å². The lowest BCUT2D eigenvalue weighted by Gasteiger charge is -2.33. The third kappa shape index (κ3) is 5.18. The summed E-state index contributed by atoms with van der Waals surface area (Å²) in [5.41, 5.74) is 14.4. The molecule has 0 bridgehead atoms. The molecule has 0 saturated heterocycles. The molecule has 0 amide bonds. The van der Waals surface area contributed by atoms with E-state index in [0.29, 0.717) is 5.92 Å². The molecule has 9 aromatic carbocycles. The van der Waals surface area contributed by atoms with Crippen LogP contribution in [0.15, 0.2) is 188 Å². The van der Waals surface area contributed by atoms with E-state index in [1.807, 2.05) is 0 Å². The van der Waals surface area contributed by atoms with Gasteiger partial charge in [0, 0.05) is 27.5 Å². The van der Waals surface area contributed by atoms with E-state index in [2.05, 4.69) is 203 Å². The van der Waals surface area contributed by atoms with Crippen molar-refractivity contribution in [2.24, 2.45) is 5.92 Å². The van der Waals surface area contributed by atoms with E-state index in [9.17, 15) is 0 Å². The van der Waals surface area contributed by atoms with E-state index >= 15 is 0 Å². The number of nitrogens with one attached hydrogen (secondary N) is 2. The van der Waals surface area contributed by atoms with Crippen LogP contribution in [0, 0.1) is 5.92 Å². The van der Waals surface area contributed by atoms with Crippen molar-refractivity contribution in [3.05, 3.63) is 216 Å². The van der Waals surface area contributed by atoms with Crippen molar-refractivity contribution in [3.8, 4) is 16.8 Å². The molecule has 59 heavy (non-hydrogen) atoms. The molecule has 2 aliphatic carbocycles. The van der Waals surface area contributed by atoms with Crippen LogP contribution in [-0.2, 0) is 6.42 Å². The monoisotopic (exact) mass is 755 g/mol. The summed E-state index contributed by atoms with van der Waals surface area (Å²) < 4.78 is 2.53. The number of benzene rings is 9. The minimum Gasteiger partial charge on any atom is -0.366 e. The molecule has 3 heteroatoms. The number of para-hydroxylation sites is 1. The molecule has 2 N–H and O–H groups in total. The molecule has 0 spiro atoms. The van der Waals surface area contributed by atoms with E-state index < -0.39 is 0 Å². The first kappa shape index (κ1) is 33.1. The lowest BCUT2D eigenvalue weighted by atomic mass is 9.87. The van der Waals surface area contributed by atoms with Crippen LogP contribution in [0.25, 0.3) is 76.6 Å². The Labute approximate surface area is 343 Å². The standard InChI is InChI=1S/C56H41N3/c1-3-13-37-29-39(23-21-34(37)11-1)50-33-51(40-24-22-35-12-2-4-14-38(35)30-40)58-56(57-50)36-25-27-42(28-26-36)59-52-20-10-9-19-47(52)54-53-45-17-7-5-15-43(45)48-31-41(48)32-49(53)44-16-6-8-18-46(44)55(54)59/h1-30,33,41,48,50,56-58H,31-32H2. The summed E-state index contributed by atoms with van der Waals surface area (Å²) in [5.74, 6) is 1.38. The van der Waals surface area contributed by atoms with Crippen molar-refractivity contribution in [3.63, 3.8) is 0 Å². The number of fused-ring (bicyclic) bond motifs is 14. The van der Waals surface area contributed by atoms with Gasteiger partial charge in [0.25, 0.3) is 0 Å². The minimum absolute atomic E-state index is 0.0138. The summed E-state index contributed by atoms with van der Waals surface area (Å²) in [5, 5.41) is 18.3. The Kier molecular flexibility index (Phi) is 7.16. The van der Waals surface area contributed by atoms with Gasteiger partial charge >= 0.3 is 0 Å². The number of nitrogens with zero attached hydrogens (tertiary/aromatic N) is 1. The molecule has 1 aromatic heterocycles. The highest BCUT2D eigenvalue weighted by molar-refractivity contribution is 6.25. The number of hydrogen-bond acceptors (Lipinski definition) is 2. The van der Waals surface area contributed by atoms with Crippen LogP contribution in [-0.4, -0.2) is 4.57 Å². The maximum Gasteiger partial charge on any atom is 0.104 e. The van der Waals surface area contributed by atoms with Crippen molar-refractivity contribution in [1.82, 2.24) is 15.2 Å². The van der Waals surface area contributed by atoms with E-state index in [1.54, 1.807) is 0 Å². The number of aromatic nitrogens is 1. The molecule has 280 valence electrons. The largest absolute Gasteiger partial charge is 0.366 e. The Morgan fingerprint density at radius 2 is 1.20 bits per heavy atom. The van der Waals surface area contributed by atoms with Crippen LogP contribution in [0.1, 0.15) is 52.4 Å². The number of rotatable bonds is 4. The van der Waals surface area contributed by atoms with Gasteiger partial charge in [0.05, 0.1) is 17.1 Å². The Morgan fingerprint density at radius 3 is 2.03 bits per heavy atom. The fraction of sp³-hybridized carbons (Fsp3) is 0.107. The molecule has 0 radical (unpaired) electrons. The Bertz CT molecular complexity index is 3370. The van der Waals surface area contributed by atoms with Gasteiger partial charge in [-0.3, -0.25) is 5.32 Å². The van der Waals surface area contributed by atoms with Crippen molar-refractivity contribution in [2.45, 2.75) is 31.0 Å². The molecule has 4 atom stereocenters. The van der Waals surface area contributed by atoms with E-state index in [4.69, 9.17) is 0 Å². The van der Waals surface area contributed by atoms with Crippen LogP contribution in [0.3, 0.4) is 0 Å². The second kappa shape index (κ2) is 12.8. The zero-order chi connectivity index (χ0) is 38.6. The molecular formula is C56H41N3. The molecule has 3 aliphatic rings. The van der Waals surface area contributed by atoms with Crippen LogP contribution in [0.5, 0.6) is 0 Å². The first-order valence-electron chi connectivity index (χ1n) is 21.1. The average Bonchev–Trinajstić information content (AvgIpc) is 4.02. The van der Waals surface area contributed by atoms with Crippen molar-refractivity contribution < 1.29 is 0 Å². The molecule has 2 heterocycles. The summed E-state index contributed by atoms with van der Waals surface area (Å²) >= 11 is 0. The highest BCUT2D eigenvalue weighted by atomic mass is 15.2. The van der Waals surface area contributed by atoms with Gasteiger partial charge in [-0.2, -0.15) is 0 Å². The SMILES string of the molecule is C1=C(c2ccc3ccccc3c2)NC(c2ccc(-n3c4ccccc4c4c5c(c6ccccc6c43)CC3CC3c3ccccc3-5)cc2)NC1c1ccc2ccccc2c1. The molecular weight excluding hydrogens is 715 g/mol. The summed E-state index contributed by atoms with van der Waals surface area (Å²) in [6, 6.07) is 67.7. The van der Waals surface area contributed by atoms with Gasteiger partial charge in [-0.15, -0.1) is 0 Å². The minimum atomic E-state index is -0.107. The third-order valence-corrected chi connectivity index (χ3v) is 13.6. The molecule has 4 unspecified atom stereocenters. The Hall–Kier alpha value is -6.94. The molecule has 1 fully saturated rings. The maximum atomic E-state index is 3.99.